The van der Waals surface area contributed by atoms with Crippen molar-refractivity contribution in [2.24, 2.45) is 4.99 Å². The van der Waals surface area contributed by atoms with Crippen LogP contribution in [0.1, 0.15) is 94.4 Å². The minimum atomic E-state index is -2.32. The van der Waals surface area contributed by atoms with Gasteiger partial charge in [0.2, 0.25) is 18.1 Å². The molecular weight excluding hydrogens is 536 g/mol. The average molecular weight is 589 g/mol. The molecule has 0 bridgehead atoms. The molecule has 0 saturated carbocycles. The summed E-state index contributed by atoms with van der Waals surface area (Å²) < 4.78 is 21.3. The normalized spacial score (nSPS) is 13.0. The number of alkyl carbamates (subject to hydrolysis) is 2. The van der Waals surface area contributed by atoms with Gasteiger partial charge in [0.1, 0.15) is 11.2 Å². The van der Waals surface area contributed by atoms with Crippen molar-refractivity contribution in [3.8, 4) is 0 Å². The van der Waals surface area contributed by atoms with E-state index in [9.17, 15) is 19.2 Å². The molecule has 0 aromatic carbocycles. The second-order valence-corrected chi connectivity index (χ2v) is 17.8. The second kappa shape index (κ2) is 15.9. The fourth-order valence-electron chi connectivity index (χ4n) is 2.79. The second-order valence-electron chi connectivity index (χ2n) is 13.0. The van der Waals surface area contributed by atoms with E-state index in [1.807, 2.05) is 33.9 Å². The number of amides is 3. The number of nitrogens with one attached hydrogen (secondary N) is 3. The van der Waals surface area contributed by atoms with Crippen LogP contribution in [0.3, 0.4) is 0 Å². The maximum absolute atomic E-state index is 12.5. The lowest BCUT2D eigenvalue weighted by molar-refractivity contribution is -0.153. The Bertz CT molecular complexity index is 854. The van der Waals surface area contributed by atoms with Crippen LogP contribution in [0.4, 0.5) is 9.59 Å². The molecule has 12 nitrogen and oxygen atoms in total. The molecule has 0 aromatic rings. The molecule has 0 fully saturated rings. The van der Waals surface area contributed by atoms with E-state index in [-0.39, 0.29) is 23.3 Å². The Morgan fingerprint density at radius 3 is 1.68 bits per heavy atom. The lowest BCUT2D eigenvalue weighted by atomic mass is 10.1. The van der Waals surface area contributed by atoms with Crippen molar-refractivity contribution in [1.29, 1.82) is 0 Å². The lowest BCUT2D eigenvalue weighted by Gasteiger charge is -2.38. The summed E-state index contributed by atoms with van der Waals surface area (Å²) in [7, 11) is -1.06. The molecule has 0 saturated heterocycles. The first kappa shape index (κ1) is 37.3. The van der Waals surface area contributed by atoms with E-state index < -0.39 is 43.9 Å². The van der Waals surface area contributed by atoms with Crippen molar-refractivity contribution in [3.05, 3.63) is 0 Å². The molecule has 0 aliphatic rings. The minimum absolute atomic E-state index is 0.0709. The Labute approximate surface area is 240 Å². The van der Waals surface area contributed by atoms with Crippen LogP contribution in [-0.2, 0) is 28.2 Å². The van der Waals surface area contributed by atoms with Crippen LogP contribution < -0.4 is 16.0 Å². The monoisotopic (exact) mass is 588 g/mol. The number of carbonyl (C=O) groups is 4. The molecule has 13 heteroatoms. The van der Waals surface area contributed by atoms with Crippen LogP contribution in [-0.4, -0.2) is 69.4 Å². The van der Waals surface area contributed by atoms with Crippen molar-refractivity contribution in [3.63, 3.8) is 0 Å². The Morgan fingerprint density at radius 1 is 0.775 bits per heavy atom. The molecule has 0 aliphatic heterocycles. The molecule has 0 radical (unpaired) electrons. The third-order valence-corrected chi connectivity index (χ3v) is 10.2. The predicted octanol–water partition coefficient (Wildman–Crippen LogP) is 4.98. The highest BCUT2D eigenvalue weighted by Gasteiger charge is 2.41. The van der Waals surface area contributed by atoms with Gasteiger partial charge in [-0.25, -0.2) is 14.4 Å². The molecule has 0 aromatic heterocycles. The maximum Gasteiger partial charge on any atom is 0.414 e. The number of methoxy groups -OCH3 is 1. The van der Waals surface area contributed by atoms with E-state index in [1.54, 1.807) is 41.5 Å². The molecule has 0 heterocycles. The summed E-state index contributed by atoms with van der Waals surface area (Å²) in [5, 5.41) is 7.40. The molecule has 1 atom stereocenters. The molecule has 0 spiro atoms. The van der Waals surface area contributed by atoms with Gasteiger partial charge in [-0.1, -0.05) is 33.6 Å². The van der Waals surface area contributed by atoms with Crippen LogP contribution in [0.5, 0.6) is 0 Å². The maximum atomic E-state index is 12.5. The lowest BCUT2D eigenvalue weighted by Crippen LogP contribution is -2.52. The Hall–Kier alpha value is -2.67. The molecule has 0 rings (SSSR count). The van der Waals surface area contributed by atoms with E-state index in [4.69, 9.17) is 18.6 Å². The van der Waals surface area contributed by atoms with Crippen LogP contribution in [0.15, 0.2) is 4.99 Å². The van der Waals surface area contributed by atoms with Gasteiger partial charge in [-0.15, -0.1) is 0 Å². The number of unbranched alkanes of at least 4 members (excludes halogenated alkanes) is 3. The van der Waals surface area contributed by atoms with Gasteiger partial charge in [-0.05, 0) is 72.5 Å². The van der Waals surface area contributed by atoms with E-state index in [0.717, 1.165) is 12.8 Å². The largest absolute Gasteiger partial charge is 0.466 e. The van der Waals surface area contributed by atoms with Gasteiger partial charge in [0.15, 0.2) is 8.32 Å². The summed E-state index contributed by atoms with van der Waals surface area (Å²) in [5.74, 6) is -0.997. The number of carbonyl (C=O) groups excluding carboxylic acids is 4. The van der Waals surface area contributed by atoms with Gasteiger partial charge in [0.25, 0.3) is 0 Å². The van der Waals surface area contributed by atoms with Gasteiger partial charge in [-0.3, -0.25) is 20.4 Å². The fourth-order valence-corrected chi connectivity index (χ4v) is 3.88. The highest BCUT2D eigenvalue weighted by molar-refractivity contribution is 6.74. The number of ether oxygens (including phenoxy) is 3. The van der Waals surface area contributed by atoms with Crippen LogP contribution in [0, 0.1) is 0 Å². The minimum Gasteiger partial charge on any atom is -0.466 e. The molecule has 40 heavy (non-hydrogen) atoms. The number of rotatable bonds is 11. The summed E-state index contributed by atoms with van der Waals surface area (Å²) in [4.78, 5) is 53.3. The fraction of sp³-hybridized carbons (Fsp3) is 0.815. The van der Waals surface area contributed by atoms with Gasteiger partial charge in [0, 0.05) is 13.0 Å². The zero-order chi connectivity index (χ0) is 31.4. The third kappa shape index (κ3) is 17.1. The van der Waals surface area contributed by atoms with Crippen LogP contribution in [0.2, 0.25) is 18.1 Å². The molecule has 0 aliphatic carbocycles. The summed E-state index contributed by atoms with van der Waals surface area (Å²) in [6, 6.07) is 0. The van der Waals surface area contributed by atoms with E-state index in [0.29, 0.717) is 19.4 Å². The molecule has 3 amide bonds. The van der Waals surface area contributed by atoms with E-state index in [2.05, 4.69) is 20.9 Å². The van der Waals surface area contributed by atoms with Gasteiger partial charge in [-0.2, -0.15) is 0 Å². The third-order valence-electron chi connectivity index (χ3n) is 5.75. The number of aliphatic imine (C=N–C) groups is 1. The molecular formula is C27H52N4O8Si. The number of guanidine groups is 1. The Balaban J connectivity index is 4.82. The van der Waals surface area contributed by atoms with Crippen LogP contribution >= 0.6 is 0 Å². The smallest absolute Gasteiger partial charge is 0.414 e. The van der Waals surface area contributed by atoms with Gasteiger partial charge in [0.05, 0.1) is 7.11 Å². The molecule has 1 unspecified atom stereocenters. The Morgan fingerprint density at radius 2 is 1.25 bits per heavy atom. The summed E-state index contributed by atoms with van der Waals surface area (Å²) in [5.41, 5.74) is -1.44. The number of hydrogen-bond acceptors (Lipinski definition) is 9. The van der Waals surface area contributed by atoms with E-state index in [1.165, 1.54) is 7.11 Å². The Kier molecular flexibility index (Phi) is 14.9. The van der Waals surface area contributed by atoms with Gasteiger partial charge >= 0.3 is 18.2 Å². The van der Waals surface area contributed by atoms with Crippen molar-refractivity contribution in [2.75, 3.05) is 13.7 Å². The SMILES string of the molecule is COC(=O)C(NC(=O)CCCCCCN=C(NC(=O)OC(C)(C)C)NC(=O)OC(C)(C)C)O[Si](C)(C)C(C)(C)C. The van der Waals surface area contributed by atoms with Crippen molar-refractivity contribution in [1.82, 2.24) is 16.0 Å². The van der Waals surface area contributed by atoms with Gasteiger partial charge < -0.3 is 24.0 Å². The number of hydrogen-bond donors (Lipinski definition) is 3. The van der Waals surface area contributed by atoms with Crippen LogP contribution in [0.25, 0.3) is 0 Å². The van der Waals surface area contributed by atoms with Crippen molar-refractivity contribution in [2.45, 2.75) is 130 Å². The first-order valence-electron chi connectivity index (χ1n) is 13.7. The van der Waals surface area contributed by atoms with Crippen molar-refractivity contribution < 1.29 is 37.8 Å². The highest BCUT2D eigenvalue weighted by Crippen LogP contribution is 2.37. The average Bonchev–Trinajstić information content (AvgIpc) is 2.73. The predicted molar refractivity (Wildman–Crippen MR) is 156 cm³/mol. The summed E-state index contributed by atoms with van der Waals surface area (Å²) in [6.45, 7) is 20.8. The first-order chi connectivity index (χ1) is 18.1. The number of esters is 1. The highest BCUT2D eigenvalue weighted by atomic mass is 28.4. The zero-order valence-electron chi connectivity index (χ0n) is 26.5. The first-order valence-corrected chi connectivity index (χ1v) is 16.6. The quantitative estimate of drug-likeness (QED) is 0.0581. The van der Waals surface area contributed by atoms with Crippen molar-refractivity contribution >= 4 is 38.3 Å². The summed E-state index contributed by atoms with van der Waals surface area (Å²) in [6.07, 6.45) is 0.323. The van der Waals surface area contributed by atoms with E-state index >= 15 is 0 Å². The molecule has 232 valence electrons. The standard InChI is InChI=1S/C27H52N4O8Si/c1-25(2,3)37-23(34)30-22(31-24(35)38-26(4,5)6)28-18-16-14-13-15-17-19(32)29-20(21(33)36-10)39-40(11,12)27(7,8)9/h20H,13-18H2,1-12H3,(H,29,32)(H2,28,30,31,34,35). The topological polar surface area (TPSA) is 154 Å². The zero-order valence-corrected chi connectivity index (χ0v) is 27.5. The summed E-state index contributed by atoms with van der Waals surface area (Å²) >= 11 is 0. The number of nitrogens with zero attached hydrogens (tertiary/aromatic N) is 1. The molecule has 3 N–H and O–H groups in total.